The van der Waals surface area contributed by atoms with Crippen LogP contribution in [0.1, 0.15) is 18.9 Å². The predicted octanol–water partition coefficient (Wildman–Crippen LogP) is 3.83. The zero-order valence-corrected chi connectivity index (χ0v) is 20.9. The molecule has 0 N–H and O–H groups in total. The lowest BCUT2D eigenvalue weighted by Gasteiger charge is -2.27. The van der Waals surface area contributed by atoms with Crippen LogP contribution in [0.3, 0.4) is 0 Å². The maximum atomic E-state index is 13.6. The highest BCUT2D eigenvalue weighted by molar-refractivity contribution is 7.89. The van der Waals surface area contributed by atoms with E-state index in [4.69, 9.17) is 16.3 Å². The monoisotopic (exact) mass is 526 g/mol. The van der Waals surface area contributed by atoms with Crippen molar-refractivity contribution in [1.29, 1.82) is 0 Å². The van der Waals surface area contributed by atoms with Gasteiger partial charge in [-0.3, -0.25) is 14.4 Å². The fourth-order valence-corrected chi connectivity index (χ4v) is 5.86. The van der Waals surface area contributed by atoms with E-state index in [2.05, 4.69) is 0 Å². The van der Waals surface area contributed by atoms with Crippen LogP contribution >= 0.6 is 11.6 Å². The van der Waals surface area contributed by atoms with Gasteiger partial charge in [0.05, 0.1) is 17.0 Å². The number of sulfonamides is 1. The molecular formula is C26H23ClN2O6S. The minimum Gasteiger partial charge on any atom is -0.427 e. The molecule has 0 spiro atoms. The van der Waals surface area contributed by atoms with Crippen LogP contribution in [0.2, 0.25) is 5.02 Å². The van der Waals surface area contributed by atoms with Crippen LogP contribution in [0.25, 0.3) is 0 Å². The van der Waals surface area contributed by atoms with Crippen molar-refractivity contribution < 1.29 is 27.5 Å². The van der Waals surface area contributed by atoms with Crippen LogP contribution in [-0.2, 0) is 30.8 Å². The Labute approximate surface area is 214 Å². The number of benzene rings is 3. The summed E-state index contributed by atoms with van der Waals surface area (Å²) in [6, 6.07) is 19.5. The summed E-state index contributed by atoms with van der Waals surface area (Å²) in [5, 5.41) is 0.514. The third-order valence-corrected chi connectivity index (χ3v) is 7.84. The lowest BCUT2D eigenvalue weighted by molar-refractivity contribution is -0.132. The number of anilines is 1. The number of hydrogen-bond donors (Lipinski definition) is 0. The van der Waals surface area contributed by atoms with Gasteiger partial charge in [0.2, 0.25) is 15.9 Å². The van der Waals surface area contributed by atoms with E-state index in [0.29, 0.717) is 11.4 Å². The second-order valence-corrected chi connectivity index (χ2v) is 10.5. The molecule has 1 unspecified atom stereocenters. The van der Waals surface area contributed by atoms with E-state index in [9.17, 15) is 22.8 Å². The van der Waals surface area contributed by atoms with Gasteiger partial charge < -0.3 is 4.74 Å². The summed E-state index contributed by atoms with van der Waals surface area (Å²) in [6.45, 7) is 1.23. The molecule has 1 heterocycles. The summed E-state index contributed by atoms with van der Waals surface area (Å²) in [5.74, 6) is -1.42. The van der Waals surface area contributed by atoms with Gasteiger partial charge in [0.1, 0.15) is 11.8 Å². The first-order valence-electron chi connectivity index (χ1n) is 11.1. The van der Waals surface area contributed by atoms with E-state index >= 15 is 0 Å². The smallest absolute Gasteiger partial charge is 0.308 e. The first-order valence-corrected chi connectivity index (χ1v) is 13.0. The second-order valence-electron chi connectivity index (χ2n) is 8.18. The zero-order valence-electron chi connectivity index (χ0n) is 19.3. The van der Waals surface area contributed by atoms with Gasteiger partial charge in [-0.1, -0.05) is 41.9 Å². The molecule has 0 aliphatic carbocycles. The van der Waals surface area contributed by atoms with Crippen LogP contribution < -0.4 is 9.64 Å². The van der Waals surface area contributed by atoms with E-state index in [0.717, 1.165) is 14.8 Å². The standard InChI is InChI=1S/C26H23ClN2O6S/c1-18(30)35-22-12-10-21(11-13-22)29-25(31)17-24(26(29)32)28(15-14-19-6-5-7-20(27)16-19)36(33,34)23-8-3-2-4-9-23/h2-13,16,24H,14-15,17H2,1H3. The Morgan fingerprint density at radius 2 is 1.72 bits per heavy atom. The van der Waals surface area contributed by atoms with Gasteiger partial charge in [-0.15, -0.1) is 0 Å². The molecule has 36 heavy (non-hydrogen) atoms. The lowest BCUT2D eigenvalue weighted by Crippen LogP contribution is -2.46. The van der Waals surface area contributed by atoms with Crippen molar-refractivity contribution in [2.75, 3.05) is 11.4 Å². The fraction of sp³-hybridized carbons (Fsp3) is 0.192. The van der Waals surface area contributed by atoms with Gasteiger partial charge in [0.15, 0.2) is 0 Å². The van der Waals surface area contributed by atoms with Gasteiger partial charge in [-0.2, -0.15) is 4.31 Å². The molecule has 2 amide bonds. The first-order chi connectivity index (χ1) is 17.2. The summed E-state index contributed by atoms with van der Waals surface area (Å²) in [5.41, 5.74) is 1.06. The Morgan fingerprint density at radius 1 is 1.03 bits per heavy atom. The third kappa shape index (κ3) is 5.48. The Morgan fingerprint density at radius 3 is 2.36 bits per heavy atom. The summed E-state index contributed by atoms with van der Waals surface area (Å²) in [4.78, 5) is 38.5. The third-order valence-electron chi connectivity index (χ3n) is 5.69. The molecule has 1 atom stereocenters. The largest absolute Gasteiger partial charge is 0.427 e. The summed E-state index contributed by atoms with van der Waals surface area (Å²) >= 11 is 6.08. The SMILES string of the molecule is CC(=O)Oc1ccc(N2C(=O)CC(N(CCc3cccc(Cl)c3)S(=O)(=O)c3ccccc3)C2=O)cc1. The number of ether oxygens (including phenoxy) is 1. The highest BCUT2D eigenvalue weighted by Gasteiger charge is 2.46. The first kappa shape index (κ1) is 25.6. The highest BCUT2D eigenvalue weighted by atomic mass is 35.5. The number of amides is 2. The molecule has 0 bridgehead atoms. The zero-order chi connectivity index (χ0) is 25.9. The van der Waals surface area contributed by atoms with E-state index in [-0.39, 0.29) is 29.3 Å². The number of hydrogen-bond acceptors (Lipinski definition) is 6. The maximum Gasteiger partial charge on any atom is 0.308 e. The Bertz CT molecular complexity index is 1390. The second kappa shape index (κ2) is 10.6. The van der Waals surface area contributed by atoms with Crippen LogP contribution in [0.5, 0.6) is 5.75 Å². The van der Waals surface area contributed by atoms with Crippen LogP contribution in [0, 0.1) is 0 Å². The van der Waals surface area contributed by atoms with Crippen molar-refractivity contribution in [2.45, 2.75) is 30.7 Å². The van der Waals surface area contributed by atoms with Gasteiger partial charge in [0, 0.05) is 18.5 Å². The number of esters is 1. The summed E-state index contributed by atoms with van der Waals surface area (Å²) in [7, 11) is -4.10. The van der Waals surface area contributed by atoms with E-state index in [1.807, 2.05) is 6.07 Å². The summed E-state index contributed by atoms with van der Waals surface area (Å²) in [6.07, 6.45) is -0.00613. The van der Waals surface area contributed by atoms with Gasteiger partial charge >= 0.3 is 5.97 Å². The molecule has 1 saturated heterocycles. The Balaban J connectivity index is 1.65. The average Bonchev–Trinajstić information content (AvgIpc) is 3.13. The molecule has 1 aliphatic rings. The van der Waals surface area contributed by atoms with Gasteiger partial charge in [-0.25, -0.2) is 13.3 Å². The molecular weight excluding hydrogens is 504 g/mol. The van der Waals surface area contributed by atoms with Gasteiger partial charge in [-0.05, 0) is 60.5 Å². The Kier molecular flexibility index (Phi) is 7.53. The molecule has 0 aromatic heterocycles. The number of imide groups is 1. The topological polar surface area (TPSA) is 101 Å². The molecule has 1 aliphatic heterocycles. The number of rotatable bonds is 8. The molecule has 3 aromatic carbocycles. The molecule has 3 aromatic rings. The van der Waals surface area contributed by atoms with Crippen LogP contribution in [0.15, 0.2) is 83.8 Å². The molecule has 4 rings (SSSR count). The minimum absolute atomic E-state index is 0.0273. The van der Waals surface area contributed by atoms with Crippen molar-refractivity contribution >= 4 is 45.1 Å². The lowest BCUT2D eigenvalue weighted by atomic mass is 10.1. The maximum absolute atomic E-state index is 13.6. The normalized spacial score (nSPS) is 16.0. The van der Waals surface area contributed by atoms with Crippen molar-refractivity contribution in [3.8, 4) is 5.75 Å². The molecule has 1 fully saturated rings. The highest BCUT2D eigenvalue weighted by Crippen LogP contribution is 2.30. The van der Waals surface area contributed by atoms with E-state index in [1.54, 1.807) is 36.4 Å². The van der Waals surface area contributed by atoms with E-state index < -0.39 is 33.8 Å². The van der Waals surface area contributed by atoms with Crippen molar-refractivity contribution in [2.24, 2.45) is 0 Å². The number of carbonyl (C=O) groups is 3. The summed E-state index contributed by atoms with van der Waals surface area (Å²) < 4.78 is 33.3. The number of halogens is 1. The van der Waals surface area contributed by atoms with Crippen LogP contribution in [-0.4, -0.2) is 43.1 Å². The quantitative estimate of drug-likeness (QED) is 0.251. The number of nitrogens with zero attached hydrogens (tertiary/aromatic N) is 2. The average molecular weight is 527 g/mol. The fourth-order valence-electron chi connectivity index (χ4n) is 4.04. The van der Waals surface area contributed by atoms with Crippen molar-refractivity contribution in [1.82, 2.24) is 4.31 Å². The van der Waals surface area contributed by atoms with Crippen molar-refractivity contribution in [3.63, 3.8) is 0 Å². The van der Waals surface area contributed by atoms with Crippen LogP contribution in [0.4, 0.5) is 5.69 Å². The molecule has 186 valence electrons. The molecule has 8 nitrogen and oxygen atoms in total. The van der Waals surface area contributed by atoms with Gasteiger partial charge in [0.25, 0.3) is 5.91 Å². The van der Waals surface area contributed by atoms with Crippen molar-refractivity contribution in [3.05, 3.63) is 89.4 Å². The molecule has 0 saturated carbocycles. The molecule has 10 heteroatoms. The molecule has 0 radical (unpaired) electrons. The predicted molar refractivity (Wildman–Crippen MR) is 134 cm³/mol. The Hall–Kier alpha value is -3.53. The van der Waals surface area contributed by atoms with E-state index in [1.165, 1.54) is 43.3 Å². The number of carbonyl (C=O) groups excluding carboxylic acids is 3. The minimum atomic E-state index is -4.10.